The molecule has 2 heteroatoms. The highest BCUT2D eigenvalue weighted by Crippen LogP contribution is 2.56. The normalized spacial score (nSPS) is 13.2. The predicted octanol–water partition coefficient (Wildman–Crippen LogP) is 19.1. The molecule has 0 atom stereocenters. The zero-order valence-electron chi connectivity index (χ0n) is 38.1. The minimum absolute atomic E-state index is 0.145. The van der Waals surface area contributed by atoms with Crippen LogP contribution >= 0.6 is 0 Å². The number of rotatable bonds is 4. The Balaban J connectivity index is 0.903. The van der Waals surface area contributed by atoms with E-state index in [1.54, 1.807) is 0 Å². The summed E-state index contributed by atoms with van der Waals surface area (Å²) in [5.74, 6) is 0. The van der Waals surface area contributed by atoms with E-state index in [4.69, 9.17) is 8.83 Å². The molecule has 1 aliphatic carbocycles. The fraction of sp³-hybridized carbons (Fsp3) is 0.0448. The van der Waals surface area contributed by atoms with E-state index in [9.17, 15) is 0 Å². The lowest BCUT2D eigenvalue weighted by molar-refractivity contribution is 0.666. The van der Waals surface area contributed by atoms with Gasteiger partial charge in [0, 0.05) is 32.5 Å². The molecular weight excluding hydrogens is 837 g/mol. The van der Waals surface area contributed by atoms with Crippen LogP contribution in [-0.2, 0) is 5.41 Å². The summed E-state index contributed by atoms with van der Waals surface area (Å²) in [7, 11) is 0. The molecule has 12 aromatic carbocycles. The third kappa shape index (κ3) is 5.37. The molecule has 322 valence electrons. The van der Waals surface area contributed by atoms with E-state index in [1.165, 1.54) is 93.2 Å². The van der Waals surface area contributed by atoms with Crippen molar-refractivity contribution in [2.45, 2.75) is 19.3 Å². The quantitative estimate of drug-likeness (QED) is 0.130. The maximum atomic E-state index is 6.63. The first-order valence-electron chi connectivity index (χ1n) is 24.0. The maximum Gasteiger partial charge on any atom is 0.143 e. The Bertz CT molecular complexity index is 4460. The summed E-state index contributed by atoms with van der Waals surface area (Å²) in [5, 5.41) is 14.6. The fourth-order valence-electron chi connectivity index (χ4n) is 12.4. The van der Waals surface area contributed by atoms with Gasteiger partial charge in [0.05, 0.1) is 0 Å². The number of hydrogen-bond acceptors (Lipinski definition) is 2. The average Bonchev–Trinajstić information content (AvgIpc) is 4.04. The van der Waals surface area contributed by atoms with Crippen LogP contribution in [0.1, 0.15) is 25.0 Å². The van der Waals surface area contributed by atoms with Crippen molar-refractivity contribution in [1.82, 2.24) is 0 Å². The standard InChI is InChI=1S/C67H42O2/c1-67(2)58-33-30-39(37-57(58)64-47-21-7-3-16-42(47)43-17-5-12-26-52(43)65(64)67)40-31-34-60-55(36-40)56-38-41(32-35-61(56)68-60)62-48-22-8-10-24-50(48)63(51-25-11-9-23-49(51)62)46-20-6-4-18-44(46)53-27-15-28-54-45-19-13-14-29-59(45)69-66(53)54/h3-38H,1-2H3. The SMILES string of the molecule is CC1(C)c2ccc(-c3ccc4oc5ccc(-c6c7ccccc7c(-c7ccccc7-c7cccc8c7oc7ccccc78)c7ccccc67)cc5c4c3)cc2-c2c1c1ccccc1c1ccccc21. The molecule has 2 nitrogen and oxygen atoms in total. The van der Waals surface area contributed by atoms with Gasteiger partial charge in [-0.2, -0.15) is 0 Å². The first-order valence-corrected chi connectivity index (χ1v) is 24.0. The molecule has 0 N–H and O–H groups in total. The molecule has 0 saturated carbocycles. The van der Waals surface area contributed by atoms with E-state index < -0.39 is 0 Å². The number of hydrogen-bond donors (Lipinski definition) is 0. The second-order valence-corrected chi connectivity index (χ2v) is 19.4. The zero-order chi connectivity index (χ0) is 45.5. The fourth-order valence-corrected chi connectivity index (χ4v) is 12.4. The lowest BCUT2D eigenvalue weighted by Gasteiger charge is -2.24. The second-order valence-electron chi connectivity index (χ2n) is 19.4. The van der Waals surface area contributed by atoms with Gasteiger partial charge in [-0.3, -0.25) is 0 Å². The lowest BCUT2D eigenvalue weighted by Crippen LogP contribution is -2.15. The lowest BCUT2D eigenvalue weighted by atomic mass is 9.79. The smallest absolute Gasteiger partial charge is 0.143 e. The Morgan fingerprint density at radius 2 is 0.739 bits per heavy atom. The Kier molecular flexibility index (Phi) is 7.87. The minimum atomic E-state index is -0.145. The molecule has 69 heavy (non-hydrogen) atoms. The number of furan rings is 2. The number of benzene rings is 12. The van der Waals surface area contributed by atoms with Crippen LogP contribution in [0.5, 0.6) is 0 Å². The van der Waals surface area contributed by atoms with Gasteiger partial charge < -0.3 is 8.83 Å². The number of fused-ring (bicyclic) bond motifs is 16. The van der Waals surface area contributed by atoms with E-state index in [0.717, 1.165) is 60.6 Å². The molecule has 1 aliphatic rings. The van der Waals surface area contributed by atoms with E-state index in [1.807, 2.05) is 6.07 Å². The van der Waals surface area contributed by atoms with Gasteiger partial charge in [-0.25, -0.2) is 0 Å². The van der Waals surface area contributed by atoms with Gasteiger partial charge in [0.25, 0.3) is 0 Å². The van der Waals surface area contributed by atoms with Crippen LogP contribution in [-0.4, -0.2) is 0 Å². The highest BCUT2D eigenvalue weighted by atomic mass is 16.3. The minimum Gasteiger partial charge on any atom is -0.456 e. The molecule has 0 amide bonds. The van der Waals surface area contributed by atoms with Crippen molar-refractivity contribution in [1.29, 1.82) is 0 Å². The molecule has 15 rings (SSSR count). The molecule has 0 spiro atoms. The van der Waals surface area contributed by atoms with Crippen molar-refractivity contribution in [2.24, 2.45) is 0 Å². The molecule has 0 bridgehead atoms. The Morgan fingerprint density at radius 3 is 1.43 bits per heavy atom. The summed E-state index contributed by atoms with van der Waals surface area (Å²) in [6.07, 6.45) is 0. The molecule has 0 aliphatic heterocycles. The van der Waals surface area contributed by atoms with E-state index in [0.29, 0.717) is 0 Å². The van der Waals surface area contributed by atoms with Crippen molar-refractivity contribution in [3.8, 4) is 55.6 Å². The predicted molar refractivity (Wildman–Crippen MR) is 290 cm³/mol. The third-order valence-electron chi connectivity index (χ3n) is 15.4. The molecule has 2 aromatic heterocycles. The molecule has 0 radical (unpaired) electrons. The summed E-state index contributed by atoms with van der Waals surface area (Å²) in [4.78, 5) is 0. The molecule has 14 aromatic rings. The summed E-state index contributed by atoms with van der Waals surface area (Å²) in [6.45, 7) is 4.78. The highest BCUT2D eigenvalue weighted by Gasteiger charge is 2.38. The molecular formula is C67H42O2. The average molecular weight is 879 g/mol. The molecule has 0 fully saturated rings. The topological polar surface area (TPSA) is 26.3 Å². The van der Waals surface area contributed by atoms with Gasteiger partial charge in [-0.15, -0.1) is 0 Å². The van der Waals surface area contributed by atoms with E-state index >= 15 is 0 Å². The molecule has 0 saturated heterocycles. The summed E-state index contributed by atoms with van der Waals surface area (Å²) < 4.78 is 13.2. The largest absolute Gasteiger partial charge is 0.456 e. The van der Waals surface area contributed by atoms with E-state index in [-0.39, 0.29) is 5.41 Å². The van der Waals surface area contributed by atoms with Gasteiger partial charge in [-0.05, 0) is 141 Å². The second kappa shape index (κ2) is 14.2. The van der Waals surface area contributed by atoms with Gasteiger partial charge in [0.15, 0.2) is 0 Å². The highest BCUT2D eigenvalue weighted by molar-refractivity contribution is 6.24. The number of para-hydroxylation sites is 2. The van der Waals surface area contributed by atoms with Crippen LogP contribution in [0, 0.1) is 0 Å². The van der Waals surface area contributed by atoms with Gasteiger partial charge in [-0.1, -0.05) is 196 Å². The van der Waals surface area contributed by atoms with Crippen LogP contribution in [0.3, 0.4) is 0 Å². The van der Waals surface area contributed by atoms with Crippen LogP contribution in [0.25, 0.3) is 143 Å². The summed E-state index contributed by atoms with van der Waals surface area (Å²) in [6, 6.07) is 80.0. The third-order valence-corrected chi connectivity index (χ3v) is 15.4. The van der Waals surface area contributed by atoms with Crippen LogP contribution in [0.2, 0.25) is 0 Å². The van der Waals surface area contributed by atoms with Gasteiger partial charge >= 0.3 is 0 Å². The Hall–Kier alpha value is -8.72. The van der Waals surface area contributed by atoms with Crippen molar-refractivity contribution in [2.75, 3.05) is 0 Å². The molecule has 2 heterocycles. The summed E-state index contributed by atoms with van der Waals surface area (Å²) >= 11 is 0. The van der Waals surface area contributed by atoms with Crippen molar-refractivity contribution < 1.29 is 8.83 Å². The van der Waals surface area contributed by atoms with Gasteiger partial charge in [0.1, 0.15) is 22.3 Å². The van der Waals surface area contributed by atoms with Gasteiger partial charge in [0.2, 0.25) is 0 Å². The summed E-state index contributed by atoms with van der Waals surface area (Å²) in [5.41, 5.74) is 18.3. The monoisotopic (exact) mass is 878 g/mol. The van der Waals surface area contributed by atoms with Crippen molar-refractivity contribution in [3.63, 3.8) is 0 Å². The maximum absolute atomic E-state index is 6.63. The first kappa shape index (κ1) is 38.4. The van der Waals surface area contributed by atoms with Crippen LogP contribution < -0.4 is 0 Å². The Labute approximate surface area is 398 Å². The van der Waals surface area contributed by atoms with Crippen molar-refractivity contribution >= 4 is 87.0 Å². The Morgan fingerprint density at radius 1 is 0.275 bits per heavy atom. The van der Waals surface area contributed by atoms with Crippen molar-refractivity contribution in [3.05, 3.63) is 230 Å². The van der Waals surface area contributed by atoms with E-state index in [2.05, 4.69) is 226 Å². The zero-order valence-corrected chi connectivity index (χ0v) is 38.1. The van der Waals surface area contributed by atoms with Crippen LogP contribution in [0.15, 0.2) is 227 Å². The molecule has 0 unspecified atom stereocenters. The van der Waals surface area contributed by atoms with Crippen LogP contribution in [0.4, 0.5) is 0 Å². The first-order chi connectivity index (χ1) is 34.0.